The summed E-state index contributed by atoms with van der Waals surface area (Å²) >= 11 is 2.02. The predicted molar refractivity (Wildman–Crippen MR) is 132 cm³/mol. The second kappa shape index (κ2) is 8.33. The predicted octanol–water partition coefficient (Wildman–Crippen LogP) is 7.51. The van der Waals surface area contributed by atoms with Crippen LogP contribution in [0.5, 0.6) is 0 Å². The second-order valence-electron chi connectivity index (χ2n) is 7.16. The molecule has 0 aliphatic carbocycles. The number of fused-ring (bicyclic) bond motifs is 3. The van der Waals surface area contributed by atoms with Crippen LogP contribution in [0.4, 0.5) is 0 Å². The van der Waals surface area contributed by atoms with Crippen molar-refractivity contribution in [3.8, 4) is 0 Å². The van der Waals surface area contributed by atoms with Crippen LogP contribution in [-0.4, -0.2) is 11.2 Å². The summed E-state index contributed by atoms with van der Waals surface area (Å²) in [5.74, 6) is 0. The first-order chi connectivity index (χ1) is 14.1. The van der Waals surface area contributed by atoms with Gasteiger partial charge >= 0.3 is 0 Å². The van der Waals surface area contributed by atoms with Crippen LogP contribution in [0.25, 0.3) is 33.2 Å². The molecule has 0 N–H and O–H groups in total. The monoisotopic (exact) mass is 492 g/mol. The van der Waals surface area contributed by atoms with Gasteiger partial charge in [-0.05, 0) is 49.6 Å². The van der Waals surface area contributed by atoms with Crippen molar-refractivity contribution in [1.29, 1.82) is 0 Å². The number of aryl methyl sites for hydroxylation is 2. The molecule has 0 atom stereocenters. The van der Waals surface area contributed by atoms with Crippen molar-refractivity contribution < 1.29 is 4.42 Å². The van der Waals surface area contributed by atoms with E-state index in [1.165, 1.54) is 11.1 Å². The molecule has 0 saturated heterocycles. The maximum Gasteiger partial charge on any atom is 0.227 e. The Balaban J connectivity index is 1.85. The lowest BCUT2D eigenvalue weighted by atomic mass is 9.97. The summed E-state index contributed by atoms with van der Waals surface area (Å²) in [4.78, 5) is 4.38. The number of pyridine rings is 1. The van der Waals surface area contributed by atoms with Gasteiger partial charge in [0, 0.05) is 34.3 Å². The Bertz CT molecular complexity index is 1290. The van der Waals surface area contributed by atoms with Crippen LogP contribution in [-0.2, 0) is 0 Å². The standard InChI is InChI=1S/C25H21IN2O/c1-16-6-4-7-19(14-16)20(15-28-26)11-9-17(2)23-18(3)10-12-21-22-8-5-13-27-25(22)29-24(21)23/h4-15H,1-3H3/b17-9+,20-11+,28-15+. The molecular formula is C25H21IN2O. The summed E-state index contributed by atoms with van der Waals surface area (Å²) in [5, 5.41) is 2.14. The molecule has 0 radical (unpaired) electrons. The third kappa shape index (κ3) is 3.90. The van der Waals surface area contributed by atoms with Crippen LogP contribution in [0, 0.1) is 13.8 Å². The maximum atomic E-state index is 6.14. The van der Waals surface area contributed by atoms with Crippen molar-refractivity contribution in [3.63, 3.8) is 0 Å². The minimum absolute atomic E-state index is 0.676. The Morgan fingerprint density at radius 1 is 1.03 bits per heavy atom. The number of benzene rings is 2. The molecule has 0 aliphatic rings. The van der Waals surface area contributed by atoms with Crippen molar-refractivity contribution in [3.05, 3.63) is 89.1 Å². The fourth-order valence-electron chi connectivity index (χ4n) is 3.65. The number of hydrogen-bond donors (Lipinski definition) is 0. The van der Waals surface area contributed by atoms with Gasteiger partial charge < -0.3 is 4.42 Å². The molecule has 0 aliphatic heterocycles. The zero-order valence-electron chi connectivity index (χ0n) is 16.6. The molecule has 3 nitrogen and oxygen atoms in total. The summed E-state index contributed by atoms with van der Waals surface area (Å²) in [5.41, 5.74) is 8.45. The molecule has 2 aromatic heterocycles. The van der Waals surface area contributed by atoms with Gasteiger partial charge in [0.25, 0.3) is 0 Å². The highest BCUT2D eigenvalue weighted by atomic mass is 127. The number of halogens is 1. The number of aromatic nitrogens is 1. The summed E-state index contributed by atoms with van der Waals surface area (Å²) in [6.07, 6.45) is 7.90. The van der Waals surface area contributed by atoms with E-state index in [-0.39, 0.29) is 0 Å². The molecule has 0 amide bonds. The van der Waals surface area contributed by atoms with Gasteiger partial charge in [-0.3, -0.25) is 0 Å². The Morgan fingerprint density at radius 3 is 2.69 bits per heavy atom. The highest BCUT2D eigenvalue weighted by Gasteiger charge is 2.14. The molecule has 4 heteroatoms. The smallest absolute Gasteiger partial charge is 0.227 e. The van der Waals surface area contributed by atoms with Crippen molar-refractivity contribution in [2.45, 2.75) is 20.8 Å². The molecule has 2 heterocycles. The molecule has 4 aromatic rings. The van der Waals surface area contributed by atoms with Crippen LogP contribution in [0.1, 0.15) is 29.2 Å². The topological polar surface area (TPSA) is 38.4 Å². The minimum Gasteiger partial charge on any atom is -0.437 e. The van der Waals surface area contributed by atoms with Gasteiger partial charge in [0.1, 0.15) is 5.58 Å². The second-order valence-corrected chi connectivity index (χ2v) is 7.72. The molecule has 0 unspecified atom stereocenters. The van der Waals surface area contributed by atoms with E-state index in [2.05, 4.69) is 83.6 Å². The quantitative estimate of drug-likeness (QED) is 0.168. The Morgan fingerprint density at radius 2 is 1.90 bits per heavy atom. The highest BCUT2D eigenvalue weighted by molar-refractivity contribution is 14.1. The Hall–Kier alpha value is -2.73. The lowest BCUT2D eigenvalue weighted by Gasteiger charge is -2.07. The molecule has 0 saturated carbocycles. The SMILES string of the molecule is C\C(=C/C=C(\C=N\I)c1cccc(C)c1)c1c(C)ccc2c1oc1ncccc12. The average molecular weight is 492 g/mol. The molecular weight excluding hydrogens is 471 g/mol. The van der Waals surface area contributed by atoms with Gasteiger partial charge in [0.2, 0.25) is 5.71 Å². The molecule has 29 heavy (non-hydrogen) atoms. The first kappa shape index (κ1) is 19.6. The van der Waals surface area contributed by atoms with Crippen molar-refractivity contribution in [2.24, 2.45) is 3.21 Å². The molecule has 0 spiro atoms. The van der Waals surface area contributed by atoms with Gasteiger partial charge in [-0.1, -0.05) is 54.1 Å². The van der Waals surface area contributed by atoms with E-state index in [1.54, 1.807) is 6.20 Å². The van der Waals surface area contributed by atoms with Crippen LogP contribution in [0.3, 0.4) is 0 Å². The molecule has 144 valence electrons. The van der Waals surface area contributed by atoms with E-state index in [0.717, 1.165) is 38.6 Å². The zero-order chi connectivity index (χ0) is 20.4. The number of allylic oxidation sites excluding steroid dienone is 4. The van der Waals surface area contributed by atoms with E-state index in [4.69, 9.17) is 4.42 Å². The van der Waals surface area contributed by atoms with E-state index in [9.17, 15) is 0 Å². The lowest BCUT2D eigenvalue weighted by molar-refractivity contribution is 0.652. The number of rotatable bonds is 4. The largest absolute Gasteiger partial charge is 0.437 e. The van der Waals surface area contributed by atoms with Crippen molar-refractivity contribution in [2.75, 3.05) is 0 Å². The average Bonchev–Trinajstić information content (AvgIpc) is 3.09. The van der Waals surface area contributed by atoms with Crippen LogP contribution < -0.4 is 0 Å². The van der Waals surface area contributed by atoms with Gasteiger partial charge in [0.15, 0.2) is 0 Å². The summed E-state index contributed by atoms with van der Waals surface area (Å²) < 4.78 is 10.3. The maximum absolute atomic E-state index is 6.14. The summed E-state index contributed by atoms with van der Waals surface area (Å²) in [6, 6.07) is 16.7. The van der Waals surface area contributed by atoms with Gasteiger partial charge in [-0.25, -0.2) is 8.19 Å². The summed E-state index contributed by atoms with van der Waals surface area (Å²) in [6.45, 7) is 6.33. The lowest BCUT2D eigenvalue weighted by Crippen LogP contribution is -1.88. The fraction of sp³-hybridized carbons (Fsp3) is 0.120. The van der Waals surface area contributed by atoms with Crippen molar-refractivity contribution in [1.82, 2.24) is 4.98 Å². The van der Waals surface area contributed by atoms with Gasteiger partial charge in [-0.2, -0.15) is 0 Å². The van der Waals surface area contributed by atoms with Crippen LogP contribution in [0.15, 0.2) is 74.5 Å². The van der Waals surface area contributed by atoms with E-state index in [0.29, 0.717) is 5.71 Å². The third-order valence-corrected chi connectivity index (χ3v) is 5.35. The summed E-state index contributed by atoms with van der Waals surface area (Å²) in [7, 11) is 0. The van der Waals surface area contributed by atoms with Crippen LogP contribution >= 0.6 is 22.9 Å². The Labute approximate surface area is 184 Å². The van der Waals surface area contributed by atoms with Gasteiger partial charge in [-0.15, -0.1) is 0 Å². The highest BCUT2D eigenvalue weighted by Crippen LogP contribution is 2.34. The first-order valence-electron chi connectivity index (χ1n) is 9.45. The van der Waals surface area contributed by atoms with E-state index >= 15 is 0 Å². The molecule has 0 bridgehead atoms. The third-order valence-electron chi connectivity index (χ3n) is 5.07. The Kier molecular flexibility index (Phi) is 5.62. The molecule has 2 aromatic carbocycles. The zero-order valence-corrected chi connectivity index (χ0v) is 18.8. The normalized spacial score (nSPS) is 13.1. The van der Waals surface area contributed by atoms with Gasteiger partial charge in [0.05, 0.1) is 22.9 Å². The minimum atomic E-state index is 0.676. The number of nitrogens with zero attached hydrogens (tertiary/aromatic N) is 2. The first-order valence-corrected chi connectivity index (χ1v) is 10.4. The van der Waals surface area contributed by atoms with Crippen LogP contribution in [0.2, 0.25) is 0 Å². The fourth-order valence-corrected chi connectivity index (χ4v) is 3.95. The van der Waals surface area contributed by atoms with E-state index < -0.39 is 0 Å². The molecule has 0 fully saturated rings. The number of furan rings is 1. The number of hydrogen-bond acceptors (Lipinski definition) is 3. The van der Waals surface area contributed by atoms with Crippen molar-refractivity contribution >= 4 is 62.3 Å². The molecule has 4 rings (SSSR count). The van der Waals surface area contributed by atoms with E-state index in [1.807, 2.05) is 35.1 Å².